The first-order chi connectivity index (χ1) is 31.7. The number of carbonyl (C=O) groups excluding carboxylic acids is 2. The molecule has 69 heavy (non-hydrogen) atoms. The molecule has 6 aromatic rings. The summed E-state index contributed by atoms with van der Waals surface area (Å²) in [5, 5.41) is 9.99. The number of amides is 2. The largest absolute Gasteiger partial charge is 0.508 e. The van der Waals surface area contributed by atoms with Crippen molar-refractivity contribution in [3.05, 3.63) is 189 Å². The van der Waals surface area contributed by atoms with Crippen molar-refractivity contribution in [1.29, 1.82) is 0 Å². The van der Waals surface area contributed by atoms with E-state index in [-0.39, 0.29) is 45.2 Å². The summed E-state index contributed by atoms with van der Waals surface area (Å²) in [5.41, 5.74) is 11.8. The van der Waals surface area contributed by atoms with Gasteiger partial charge >= 0.3 is 10.1 Å². The number of hydrogen-bond acceptors (Lipinski definition) is 9. The first-order valence-electron chi connectivity index (χ1n) is 21.3. The van der Waals surface area contributed by atoms with E-state index >= 15 is 0 Å². The zero-order chi connectivity index (χ0) is 49.1. The summed E-state index contributed by atoms with van der Waals surface area (Å²) in [5.74, 6) is 1.58. The van der Waals surface area contributed by atoms with E-state index in [1.807, 2.05) is 108 Å². The fourth-order valence-corrected chi connectivity index (χ4v) is 9.17. The summed E-state index contributed by atoms with van der Waals surface area (Å²) in [6.07, 6.45) is 0. The number of aryl methyl sites for hydroxylation is 6. The maximum absolute atomic E-state index is 12.9. The standard InChI is InChI=1S/C27H27NO5S.C20H21NO3.C7H7ClS.2H2O/c1-16-7-11-23(12-8-16)34(30,31)33-24-14-21(10-9-17(24)2)26-20(5)27(29)28(26)22-13-18(3)19(4)25(15-22)32-6;1-11-6-7-15(9-17(11)22)19-14(4)20(23)21(19)16-8-12(2)13(3)18(10-16)24-5;1-6-2-4-7(9-8)5-3-6;;/h7-15,26H,5H2,1-4,6H3;6-10,19,22H,4H2,1-3,5H3;2-5H,1H3;2*1H2/t26-;19-;;;/m11.../s1. The van der Waals surface area contributed by atoms with Crippen LogP contribution >= 0.6 is 21.7 Å². The van der Waals surface area contributed by atoms with Crippen LogP contribution in [0.2, 0.25) is 0 Å². The van der Waals surface area contributed by atoms with Gasteiger partial charge in [0.2, 0.25) is 0 Å². The second-order valence-electron chi connectivity index (χ2n) is 16.7. The molecule has 6 aromatic carbocycles. The Labute approximate surface area is 414 Å². The van der Waals surface area contributed by atoms with Crippen molar-refractivity contribution in [2.45, 2.75) is 77.3 Å². The van der Waals surface area contributed by atoms with Gasteiger partial charge in [-0.05, 0) is 170 Å². The summed E-state index contributed by atoms with van der Waals surface area (Å²) >= 11 is 0. The zero-order valence-electron chi connectivity index (χ0n) is 40.4. The fraction of sp³-hybridized carbons (Fsp3) is 0.222. The van der Waals surface area contributed by atoms with Crippen LogP contribution in [0.25, 0.3) is 0 Å². The predicted molar refractivity (Wildman–Crippen MR) is 277 cm³/mol. The zero-order valence-corrected chi connectivity index (χ0v) is 42.7. The van der Waals surface area contributed by atoms with E-state index in [1.165, 1.54) is 28.7 Å². The van der Waals surface area contributed by atoms with Crippen LogP contribution < -0.4 is 23.5 Å². The number of phenolic OH excluding ortho intramolecular Hbond substituents is 1. The summed E-state index contributed by atoms with van der Waals surface area (Å²) in [6, 6.07) is 32.2. The molecule has 2 amide bonds. The molecule has 2 aliphatic rings. The molecule has 15 heteroatoms. The van der Waals surface area contributed by atoms with E-state index in [9.17, 15) is 23.1 Å². The van der Waals surface area contributed by atoms with E-state index in [0.29, 0.717) is 33.7 Å². The molecular weight excluding hydrogens is 936 g/mol. The average Bonchev–Trinajstić information content (AvgIpc) is 3.31. The summed E-state index contributed by atoms with van der Waals surface area (Å²) in [7, 11) is 5.95. The average molecular weight is 996 g/mol. The van der Waals surface area contributed by atoms with E-state index in [1.54, 1.807) is 61.3 Å². The van der Waals surface area contributed by atoms with Crippen molar-refractivity contribution >= 4 is 55.0 Å². The van der Waals surface area contributed by atoms with Crippen LogP contribution in [-0.4, -0.2) is 50.5 Å². The molecule has 2 saturated heterocycles. The predicted octanol–water partition coefficient (Wildman–Crippen LogP) is 10.9. The van der Waals surface area contributed by atoms with Crippen LogP contribution in [0, 0.1) is 55.4 Å². The van der Waals surface area contributed by atoms with Crippen molar-refractivity contribution in [1.82, 2.24) is 0 Å². The van der Waals surface area contributed by atoms with Crippen LogP contribution in [0.15, 0.2) is 143 Å². The Hall–Kier alpha value is -6.55. The van der Waals surface area contributed by atoms with E-state index in [0.717, 1.165) is 55.3 Å². The van der Waals surface area contributed by atoms with Crippen LogP contribution in [0.1, 0.15) is 67.7 Å². The van der Waals surface area contributed by atoms with Crippen molar-refractivity contribution in [3.8, 4) is 23.0 Å². The van der Waals surface area contributed by atoms with Crippen LogP contribution in [0.5, 0.6) is 23.0 Å². The smallest absolute Gasteiger partial charge is 0.339 e. The maximum Gasteiger partial charge on any atom is 0.339 e. The highest BCUT2D eigenvalue weighted by molar-refractivity contribution is 8.21. The molecule has 0 aliphatic carbocycles. The molecule has 2 heterocycles. The number of halogens is 1. The number of phenols is 1. The van der Waals surface area contributed by atoms with Crippen molar-refractivity contribution < 1.29 is 47.7 Å². The highest BCUT2D eigenvalue weighted by Crippen LogP contribution is 2.46. The molecule has 12 nitrogen and oxygen atoms in total. The van der Waals surface area contributed by atoms with Crippen molar-refractivity contribution in [2.75, 3.05) is 24.0 Å². The van der Waals surface area contributed by atoms with Crippen molar-refractivity contribution in [3.63, 3.8) is 0 Å². The summed E-state index contributed by atoms with van der Waals surface area (Å²) < 4.78 is 42.1. The summed E-state index contributed by atoms with van der Waals surface area (Å²) in [4.78, 5) is 29.7. The lowest BCUT2D eigenvalue weighted by molar-refractivity contribution is -0.119. The van der Waals surface area contributed by atoms with Gasteiger partial charge in [0.1, 0.15) is 27.9 Å². The number of ether oxygens (including phenoxy) is 2. The summed E-state index contributed by atoms with van der Waals surface area (Å²) in [6.45, 7) is 23.3. The molecule has 0 spiro atoms. The topological polar surface area (TPSA) is 186 Å². The Morgan fingerprint density at radius 3 is 1.41 bits per heavy atom. The van der Waals surface area contributed by atoms with Gasteiger partial charge in [-0.15, -0.1) is 0 Å². The van der Waals surface area contributed by atoms with Crippen LogP contribution in [0.4, 0.5) is 11.4 Å². The Morgan fingerprint density at radius 2 is 0.986 bits per heavy atom. The third kappa shape index (κ3) is 11.7. The highest BCUT2D eigenvalue weighted by Gasteiger charge is 2.44. The Bertz CT molecular complexity index is 3010. The quantitative estimate of drug-likeness (QED) is 0.0792. The number of β-lactam (4-membered cyclic amide) rings is 2. The Balaban J connectivity index is 0.000000257. The number of hydrogen-bond donors (Lipinski definition) is 1. The van der Waals surface area contributed by atoms with Crippen LogP contribution in [-0.2, 0) is 19.7 Å². The number of methoxy groups -OCH3 is 2. The number of aromatic hydroxyl groups is 1. The lowest BCUT2D eigenvalue weighted by Crippen LogP contribution is -2.48. The van der Waals surface area contributed by atoms with Crippen molar-refractivity contribution in [2.24, 2.45) is 0 Å². The minimum Gasteiger partial charge on any atom is -0.508 e. The number of carbonyl (C=O) groups is 2. The fourth-order valence-electron chi connectivity index (χ4n) is 7.64. The minimum absolute atomic E-state index is 0. The molecule has 0 aromatic heterocycles. The van der Waals surface area contributed by atoms with Gasteiger partial charge in [0.25, 0.3) is 11.8 Å². The maximum atomic E-state index is 12.9. The molecular formula is C54H59ClN2O10S2. The molecule has 2 fully saturated rings. The molecule has 8 rings (SSSR count). The molecule has 2 aliphatic heterocycles. The van der Waals surface area contributed by atoms with E-state index < -0.39 is 16.2 Å². The van der Waals surface area contributed by atoms with Gasteiger partial charge in [-0.25, -0.2) is 0 Å². The Kier molecular flexibility index (Phi) is 18.1. The van der Waals surface area contributed by atoms with Gasteiger partial charge in [-0.1, -0.05) is 72.8 Å². The van der Waals surface area contributed by atoms with E-state index in [4.69, 9.17) is 24.3 Å². The molecule has 0 radical (unpaired) electrons. The van der Waals surface area contributed by atoms with Crippen LogP contribution in [0.3, 0.4) is 0 Å². The third-order valence-corrected chi connectivity index (χ3v) is 14.3. The SMILES string of the molecule is C=C1C(=O)N(c2cc(C)c(C)c(OC)c2)[C@H]1c1ccc(C)c(O)c1.C=C1C(=O)N(c2cc(C)c(C)c(OC)c2)[C@H]1c1ccc(C)c(OS(=O)(=O)c2ccc(C)cc2)c1.Cc1ccc(SCl)cc1.O.O. The lowest BCUT2D eigenvalue weighted by atomic mass is 9.87. The highest BCUT2D eigenvalue weighted by atomic mass is 35.7. The molecule has 5 N–H and O–H groups in total. The number of rotatable bonds is 10. The molecule has 2 atom stereocenters. The molecule has 0 bridgehead atoms. The molecule has 0 unspecified atom stereocenters. The van der Waals surface area contributed by atoms with Gasteiger partial charge in [-0.3, -0.25) is 19.4 Å². The monoisotopic (exact) mass is 994 g/mol. The lowest BCUT2D eigenvalue weighted by Gasteiger charge is -2.43. The molecule has 0 saturated carbocycles. The Morgan fingerprint density at radius 1 is 0.565 bits per heavy atom. The molecule has 364 valence electrons. The van der Waals surface area contributed by atoms with Gasteiger partial charge < -0.3 is 29.7 Å². The van der Waals surface area contributed by atoms with Gasteiger partial charge in [0.05, 0.1) is 26.3 Å². The van der Waals surface area contributed by atoms with Gasteiger partial charge in [0.15, 0.2) is 0 Å². The second-order valence-corrected chi connectivity index (χ2v) is 19.3. The normalized spacial score (nSPS) is 14.9. The van der Waals surface area contributed by atoms with Gasteiger partial charge in [-0.2, -0.15) is 8.42 Å². The number of anilines is 2. The first-order valence-corrected chi connectivity index (χ1v) is 24.4. The number of benzene rings is 6. The van der Waals surface area contributed by atoms with Gasteiger partial charge in [0, 0.05) is 39.5 Å². The minimum atomic E-state index is -4.01. The third-order valence-electron chi connectivity index (χ3n) is 12.1. The first kappa shape index (κ1) is 55.0. The van der Waals surface area contributed by atoms with E-state index in [2.05, 4.69) is 20.1 Å². The second kappa shape index (κ2) is 22.7. The number of nitrogens with zero attached hydrogens (tertiary/aromatic N) is 2.